The molecule has 5 nitrogen and oxygen atoms in total. The fourth-order valence-corrected chi connectivity index (χ4v) is 4.05. The maximum absolute atomic E-state index is 12.6. The van der Waals surface area contributed by atoms with E-state index in [1.165, 1.54) is 19.3 Å². The first-order valence-electron chi connectivity index (χ1n) is 9.99. The van der Waals surface area contributed by atoms with E-state index in [1.54, 1.807) is 0 Å². The van der Waals surface area contributed by atoms with Gasteiger partial charge < -0.3 is 10.2 Å². The van der Waals surface area contributed by atoms with Crippen molar-refractivity contribution in [2.45, 2.75) is 45.1 Å². The lowest BCUT2D eigenvalue weighted by atomic mass is 9.88. The quantitative estimate of drug-likeness (QED) is 0.881. The van der Waals surface area contributed by atoms with Crippen LogP contribution in [0.25, 0.3) is 0 Å². The predicted octanol–water partition coefficient (Wildman–Crippen LogP) is 2.59. The second kappa shape index (κ2) is 9.17. The molecule has 1 atom stereocenters. The molecule has 142 valence electrons. The van der Waals surface area contributed by atoms with E-state index >= 15 is 0 Å². The zero-order chi connectivity index (χ0) is 18.4. The summed E-state index contributed by atoms with van der Waals surface area (Å²) in [5, 5.41) is 3.07. The summed E-state index contributed by atoms with van der Waals surface area (Å²) in [6.07, 6.45) is 5.76. The molecule has 2 fully saturated rings. The molecular formula is C21H31N3O2. The van der Waals surface area contributed by atoms with Crippen LogP contribution in [0.15, 0.2) is 30.3 Å². The monoisotopic (exact) mass is 357 g/mol. The largest absolute Gasteiger partial charge is 0.348 e. The average Bonchev–Trinajstić information content (AvgIpc) is 2.69. The summed E-state index contributed by atoms with van der Waals surface area (Å²) in [6, 6.07) is 10.0. The third kappa shape index (κ3) is 5.07. The van der Waals surface area contributed by atoms with Crippen molar-refractivity contribution in [1.82, 2.24) is 15.1 Å². The van der Waals surface area contributed by atoms with Crippen LogP contribution in [-0.4, -0.2) is 54.3 Å². The highest BCUT2D eigenvalue weighted by molar-refractivity contribution is 5.79. The number of hydrogen-bond acceptors (Lipinski definition) is 3. The maximum atomic E-state index is 12.6. The van der Waals surface area contributed by atoms with Crippen molar-refractivity contribution in [1.29, 1.82) is 0 Å². The van der Waals surface area contributed by atoms with Crippen LogP contribution in [-0.2, 0) is 9.59 Å². The molecule has 0 bridgehead atoms. The van der Waals surface area contributed by atoms with Gasteiger partial charge in [0.15, 0.2) is 0 Å². The van der Waals surface area contributed by atoms with E-state index in [1.807, 2.05) is 42.2 Å². The Balaban J connectivity index is 1.40. The summed E-state index contributed by atoms with van der Waals surface area (Å²) < 4.78 is 0. The molecule has 3 rings (SSSR count). The summed E-state index contributed by atoms with van der Waals surface area (Å²) in [4.78, 5) is 29.1. The average molecular weight is 357 g/mol. The van der Waals surface area contributed by atoms with Crippen molar-refractivity contribution in [3.63, 3.8) is 0 Å². The lowest BCUT2D eigenvalue weighted by Crippen LogP contribution is -2.52. The molecule has 0 aromatic heterocycles. The van der Waals surface area contributed by atoms with Crippen LogP contribution in [0.5, 0.6) is 0 Å². The smallest absolute Gasteiger partial charge is 0.234 e. The topological polar surface area (TPSA) is 52.7 Å². The van der Waals surface area contributed by atoms with Gasteiger partial charge in [0, 0.05) is 32.1 Å². The second-order valence-electron chi connectivity index (χ2n) is 7.64. The van der Waals surface area contributed by atoms with Gasteiger partial charge >= 0.3 is 0 Å². The highest BCUT2D eigenvalue weighted by atomic mass is 16.2. The molecule has 1 aromatic carbocycles. The Morgan fingerprint density at radius 3 is 2.35 bits per heavy atom. The fraction of sp³-hybridized carbons (Fsp3) is 0.619. The van der Waals surface area contributed by atoms with Crippen LogP contribution in [0, 0.1) is 5.92 Å². The molecule has 1 unspecified atom stereocenters. The van der Waals surface area contributed by atoms with Crippen LogP contribution in [0.4, 0.5) is 0 Å². The Hall–Kier alpha value is -1.88. The first-order chi connectivity index (χ1) is 12.6. The molecule has 26 heavy (non-hydrogen) atoms. The highest BCUT2D eigenvalue weighted by Crippen LogP contribution is 2.25. The molecule has 2 amide bonds. The van der Waals surface area contributed by atoms with Crippen LogP contribution < -0.4 is 5.32 Å². The number of nitrogens with zero attached hydrogens (tertiary/aromatic N) is 2. The highest BCUT2D eigenvalue weighted by Gasteiger charge is 2.28. The zero-order valence-electron chi connectivity index (χ0n) is 15.8. The SMILES string of the molecule is CC(NC(=O)CN1CCN(C(=O)C2CCCCC2)CC1)c1ccccc1. The minimum absolute atomic E-state index is 0.0119. The number of piperazine rings is 1. The van der Waals surface area contributed by atoms with E-state index < -0.39 is 0 Å². The van der Waals surface area contributed by atoms with Gasteiger partial charge in [-0.2, -0.15) is 0 Å². The van der Waals surface area contributed by atoms with Crippen LogP contribution in [0.2, 0.25) is 0 Å². The number of carbonyl (C=O) groups excluding carboxylic acids is 2. The van der Waals surface area contributed by atoms with Crippen LogP contribution in [0.1, 0.15) is 50.6 Å². The number of hydrogen-bond donors (Lipinski definition) is 1. The van der Waals surface area contributed by atoms with Gasteiger partial charge in [-0.15, -0.1) is 0 Å². The molecular weight excluding hydrogens is 326 g/mol. The Labute approximate surface area is 156 Å². The molecule has 0 spiro atoms. The van der Waals surface area contributed by atoms with Crippen molar-refractivity contribution in [3.8, 4) is 0 Å². The van der Waals surface area contributed by atoms with Gasteiger partial charge in [-0.3, -0.25) is 14.5 Å². The standard InChI is InChI=1S/C21H31N3O2/c1-17(18-8-4-2-5-9-18)22-20(25)16-23-12-14-24(15-13-23)21(26)19-10-6-3-7-11-19/h2,4-5,8-9,17,19H,3,6-7,10-16H2,1H3,(H,22,25). The lowest BCUT2D eigenvalue weighted by molar-refractivity contribution is -0.138. The van der Waals surface area contributed by atoms with E-state index in [-0.39, 0.29) is 17.9 Å². The zero-order valence-corrected chi connectivity index (χ0v) is 15.8. The Morgan fingerprint density at radius 2 is 1.69 bits per heavy atom. The van der Waals surface area contributed by atoms with Gasteiger partial charge in [-0.25, -0.2) is 0 Å². The van der Waals surface area contributed by atoms with E-state index in [2.05, 4.69) is 10.2 Å². The van der Waals surface area contributed by atoms with Gasteiger partial charge in [0.2, 0.25) is 11.8 Å². The Kier molecular flexibility index (Phi) is 6.67. The third-order valence-corrected chi connectivity index (χ3v) is 5.68. The molecule has 1 saturated carbocycles. The van der Waals surface area contributed by atoms with Gasteiger partial charge in [-0.1, -0.05) is 49.6 Å². The Bertz CT molecular complexity index is 591. The molecule has 1 N–H and O–H groups in total. The molecule has 2 aliphatic rings. The van der Waals surface area contributed by atoms with E-state index in [0.29, 0.717) is 12.5 Å². The third-order valence-electron chi connectivity index (χ3n) is 5.68. The summed E-state index contributed by atoms with van der Waals surface area (Å²) in [5.74, 6) is 0.630. The number of rotatable bonds is 5. The summed E-state index contributed by atoms with van der Waals surface area (Å²) in [7, 11) is 0. The van der Waals surface area contributed by atoms with E-state index in [4.69, 9.17) is 0 Å². The maximum Gasteiger partial charge on any atom is 0.234 e. The first-order valence-corrected chi connectivity index (χ1v) is 9.99. The van der Waals surface area contributed by atoms with E-state index in [9.17, 15) is 9.59 Å². The molecule has 1 aliphatic carbocycles. The number of amides is 2. The first kappa shape index (κ1) is 18.9. The second-order valence-corrected chi connectivity index (χ2v) is 7.64. The van der Waals surface area contributed by atoms with E-state index in [0.717, 1.165) is 44.6 Å². The minimum Gasteiger partial charge on any atom is -0.348 e. The number of carbonyl (C=O) groups is 2. The Morgan fingerprint density at radius 1 is 1.04 bits per heavy atom. The summed E-state index contributed by atoms with van der Waals surface area (Å²) in [5.41, 5.74) is 1.11. The van der Waals surface area contributed by atoms with Crippen molar-refractivity contribution >= 4 is 11.8 Å². The van der Waals surface area contributed by atoms with Gasteiger partial charge in [-0.05, 0) is 25.3 Å². The van der Waals surface area contributed by atoms with Gasteiger partial charge in [0.1, 0.15) is 0 Å². The molecule has 1 aliphatic heterocycles. The van der Waals surface area contributed by atoms with Crippen LogP contribution >= 0.6 is 0 Å². The van der Waals surface area contributed by atoms with Gasteiger partial charge in [0.25, 0.3) is 0 Å². The molecule has 1 heterocycles. The van der Waals surface area contributed by atoms with Crippen molar-refractivity contribution in [2.24, 2.45) is 5.92 Å². The van der Waals surface area contributed by atoms with Crippen molar-refractivity contribution in [3.05, 3.63) is 35.9 Å². The van der Waals surface area contributed by atoms with Crippen molar-refractivity contribution in [2.75, 3.05) is 32.7 Å². The molecule has 1 aromatic rings. The minimum atomic E-state index is 0.0119. The van der Waals surface area contributed by atoms with Gasteiger partial charge in [0.05, 0.1) is 12.6 Å². The summed E-state index contributed by atoms with van der Waals surface area (Å²) in [6.45, 7) is 5.47. The van der Waals surface area contributed by atoms with Crippen molar-refractivity contribution < 1.29 is 9.59 Å². The predicted molar refractivity (Wildman–Crippen MR) is 103 cm³/mol. The molecule has 5 heteroatoms. The molecule has 0 radical (unpaired) electrons. The molecule has 1 saturated heterocycles. The normalized spacial score (nSPS) is 20.6. The lowest BCUT2D eigenvalue weighted by Gasteiger charge is -2.37. The number of nitrogens with one attached hydrogen (secondary N) is 1. The number of benzene rings is 1. The fourth-order valence-electron chi connectivity index (χ4n) is 4.05. The van der Waals surface area contributed by atoms with Crippen LogP contribution in [0.3, 0.4) is 0 Å². The summed E-state index contributed by atoms with van der Waals surface area (Å²) >= 11 is 0.